The molecule has 1 aromatic heterocycles. The van der Waals surface area contributed by atoms with E-state index in [9.17, 15) is 20.0 Å². The Hall–Kier alpha value is -4.64. The van der Waals surface area contributed by atoms with E-state index < -0.39 is 5.97 Å². The number of hydrogen-bond acceptors (Lipinski definition) is 5. The Labute approximate surface area is 232 Å². The lowest BCUT2D eigenvalue weighted by Gasteiger charge is -2.56. The molecule has 2 N–H and O–H groups in total. The van der Waals surface area contributed by atoms with Crippen molar-refractivity contribution in [3.05, 3.63) is 83.6 Å². The number of ether oxygens (including phenoxy) is 1. The molecule has 3 aromatic carbocycles. The highest BCUT2D eigenvalue weighted by Crippen LogP contribution is 2.58. The number of amides is 1. The summed E-state index contributed by atoms with van der Waals surface area (Å²) in [6.07, 6.45) is 4.89. The number of hydrogen-bond donors (Lipinski definition) is 2. The lowest BCUT2D eigenvalue weighted by molar-refractivity contribution is -0.155. The van der Waals surface area contributed by atoms with Crippen molar-refractivity contribution in [3.63, 3.8) is 0 Å². The topological polar surface area (TPSA) is 117 Å². The number of nitrogens with zero attached hydrogens (tertiary/aromatic N) is 3. The molecule has 0 aliphatic heterocycles. The van der Waals surface area contributed by atoms with Crippen LogP contribution in [0.5, 0.6) is 5.75 Å². The second kappa shape index (κ2) is 9.83. The first kappa shape index (κ1) is 25.6. The van der Waals surface area contributed by atoms with Crippen LogP contribution in [0.15, 0.2) is 66.9 Å². The molecule has 8 nitrogen and oxygen atoms in total. The number of nitriles is 1. The van der Waals surface area contributed by atoms with Crippen LogP contribution in [0.3, 0.4) is 0 Å². The molecule has 4 aromatic rings. The van der Waals surface area contributed by atoms with Crippen LogP contribution >= 0.6 is 0 Å². The number of carboxylic acids is 1. The monoisotopic (exact) mass is 534 g/mol. The van der Waals surface area contributed by atoms with E-state index in [0.717, 1.165) is 40.4 Å². The van der Waals surface area contributed by atoms with Gasteiger partial charge in [0.1, 0.15) is 5.75 Å². The van der Waals surface area contributed by atoms with E-state index in [-0.39, 0.29) is 29.3 Å². The highest BCUT2D eigenvalue weighted by molar-refractivity contribution is 6.05. The quantitative estimate of drug-likeness (QED) is 0.320. The molecule has 0 unspecified atom stereocenters. The van der Waals surface area contributed by atoms with Gasteiger partial charge < -0.3 is 15.2 Å². The zero-order valence-corrected chi connectivity index (χ0v) is 22.4. The summed E-state index contributed by atoms with van der Waals surface area (Å²) in [7, 11) is 1.58. The molecule has 1 atom stereocenters. The molecule has 1 spiro atoms. The molecule has 6 rings (SSSR count). The van der Waals surface area contributed by atoms with E-state index in [1.807, 2.05) is 59.3 Å². The van der Waals surface area contributed by atoms with Gasteiger partial charge in [-0.1, -0.05) is 36.4 Å². The van der Waals surface area contributed by atoms with E-state index in [0.29, 0.717) is 29.7 Å². The van der Waals surface area contributed by atoms with Crippen molar-refractivity contribution in [2.24, 2.45) is 11.3 Å². The smallest absolute Gasteiger partial charge is 0.306 e. The minimum atomic E-state index is -0.713. The van der Waals surface area contributed by atoms with E-state index in [1.54, 1.807) is 19.4 Å². The maximum absolute atomic E-state index is 13.4. The fraction of sp³-hybridized carbons (Fsp3) is 0.312. The molecule has 2 saturated carbocycles. The second-order valence-electron chi connectivity index (χ2n) is 11.2. The third kappa shape index (κ3) is 4.47. The summed E-state index contributed by atoms with van der Waals surface area (Å²) < 4.78 is 7.24. The zero-order valence-electron chi connectivity index (χ0n) is 22.4. The summed E-state index contributed by atoms with van der Waals surface area (Å²) in [6, 6.07) is 21.4. The first-order valence-electron chi connectivity index (χ1n) is 13.5. The van der Waals surface area contributed by atoms with Crippen molar-refractivity contribution in [1.82, 2.24) is 15.1 Å². The predicted octanol–water partition coefficient (Wildman–Crippen LogP) is 5.57. The molecule has 2 fully saturated rings. The number of fused-ring (bicyclic) bond motifs is 1. The molecule has 1 amide bonds. The van der Waals surface area contributed by atoms with Gasteiger partial charge in [-0.3, -0.25) is 14.3 Å². The number of nitrogens with one attached hydrogen (secondary N) is 1. The van der Waals surface area contributed by atoms with Crippen LogP contribution in [0.2, 0.25) is 0 Å². The summed E-state index contributed by atoms with van der Waals surface area (Å²) in [6.45, 7) is 2.06. The molecule has 202 valence electrons. The zero-order chi connectivity index (χ0) is 28.0. The van der Waals surface area contributed by atoms with E-state index in [2.05, 4.69) is 23.4 Å². The number of carbonyl (C=O) groups excluding carboxylic acids is 1. The van der Waals surface area contributed by atoms with Gasteiger partial charge in [-0.2, -0.15) is 10.4 Å². The molecule has 0 saturated heterocycles. The maximum Gasteiger partial charge on any atom is 0.306 e. The van der Waals surface area contributed by atoms with Gasteiger partial charge in [0.05, 0.1) is 48.0 Å². The van der Waals surface area contributed by atoms with E-state index in [4.69, 9.17) is 4.74 Å². The van der Waals surface area contributed by atoms with Crippen molar-refractivity contribution < 1.29 is 19.4 Å². The van der Waals surface area contributed by atoms with Crippen molar-refractivity contribution in [2.75, 3.05) is 7.11 Å². The fourth-order valence-electron chi connectivity index (χ4n) is 6.47. The number of carboxylic acid groups (broad SMARTS) is 1. The normalized spacial score (nSPS) is 22.1. The maximum atomic E-state index is 13.4. The Morgan fingerprint density at radius 2 is 1.85 bits per heavy atom. The van der Waals surface area contributed by atoms with Gasteiger partial charge in [-0.25, -0.2) is 0 Å². The van der Waals surface area contributed by atoms with Crippen molar-refractivity contribution >= 4 is 22.8 Å². The molecule has 0 radical (unpaired) electrons. The number of aromatic nitrogens is 2. The van der Waals surface area contributed by atoms with Crippen LogP contribution in [-0.4, -0.2) is 39.9 Å². The number of methoxy groups -OCH3 is 1. The highest BCUT2D eigenvalue weighted by Gasteiger charge is 2.55. The summed E-state index contributed by atoms with van der Waals surface area (Å²) in [5, 5.41) is 27.3. The third-order valence-corrected chi connectivity index (χ3v) is 8.63. The average molecular weight is 535 g/mol. The van der Waals surface area contributed by atoms with Crippen molar-refractivity contribution in [1.29, 1.82) is 5.26 Å². The van der Waals surface area contributed by atoms with Crippen LogP contribution in [0.1, 0.15) is 60.1 Å². The molecule has 0 bridgehead atoms. The Morgan fingerprint density at radius 3 is 2.52 bits per heavy atom. The van der Waals surface area contributed by atoms with Gasteiger partial charge >= 0.3 is 5.97 Å². The minimum Gasteiger partial charge on any atom is -0.497 e. The Kier molecular flexibility index (Phi) is 6.30. The Balaban J connectivity index is 1.21. The Bertz CT molecular complexity index is 1650. The van der Waals surface area contributed by atoms with Gasteiger partial charge in [-0.15, -0.1) is 0 Å². The van der Waals surface area contributed by atoms with Gasteiger partial charge in [0.15, 0.2) is 0 Å². The molecular weight excluding hydrogens is 504 g/mol. The lowest BCUT2D eigenvalue weighted by atomic mass is 9.50. The van der Waals surface area contributed by atoms with E-state index in [1.165, 1.54) is 0 Å². The van der Waals surface area contributed by atoms with Crippen LogP contribution in [0.4, 0.5) is 0 Å². The first-order chi connectivity index (χ1) is 19.3. The molecule has 8 heteroatoms. The summed E-state index contributed by atoms with van der Waals surface area (Å²) in [5.41, 5.74) is 4.90. The van der Waals surface area contributed by atoms with Gasteiger partial charge in [0.2, 0.25) is 0 Å². The average Bonchev–Trinajstić information content (AvgIpc) is 3.37. The largest absolute Gasteiger partial charge is 0.497 e. The number of rotatable bonds is 7. The highest BCUT2D eigenvalue weighted by atomic mass is 16.5. The second-order valence-corrected chi connectivity index (χ2v) is 11.2. The first-order valence-corrected chi connectivity index (χ1v) is 13.5. The molecular formula is C32H30N4O4. The van der Waals surface area contributed by atoms with Crippen LogP contribution in [0.25, 0.3) is 22.0 Å². The van der Waals surface area contributed by atoms with Gasteiger partial charge in [0, 0.05) is 11.4 Å². The molecule has 2 aliphatic carbocycles. The number of aliphatic carboxylic acids is 1. The summed E-state index contributed by atoms with van der Waals surface area (Å²) >= 11 is 0. The lowest BCUT2D eigenvalue weighted by Crippen LogP contribution is -2.57. The van der Waals surface area contributed by atoms with Crippen molar-refractivity contribution in [2.45, 2.75) is 44.7 Å². The van der Waals surface area contributed by atoms with Crippen LogP contribution in [0, 0.1) is 22.7 Å². The minimum absolute atomic E-state index is 0.0667. The molecule has 40 heavy (non-hydrogen) atoms. The van der Waals surface area contributed by atoms with Gasteiger partial charge in [0.25, 0.3) is 5.91 Å². The Morgan fingerprint density at radius 1 is 1.10 bits per heavy atom. The van der Waals surface area contributed by atoms with Crippen molar-refractivity contribution in [3.8, 4) is 22.9 Å². The summed E-state index contributed by atoms with van der Waals surface area (Å²) in [4.78, 5) is 24.6. The van der Waals surface area contributed by atoms with Crippen LogP contribution in [-0.2, 0) is 4.79 Å². The number of benzene rings is 3. The number of para-hydroxylation sites is 1. The molecule has 1 heterocycles. The third-order valence-electron chi connectivity index (χ3n) is 8.63. The van der Waals surface area contributed by atoms with Gasteiger partial charge in [-0.05, 0) is 79.0 Å². The van der Waals surface area contributed by atoms with E-state index >= 15 is 0 Å². The SMILES string of the molecule is COc1cc(C#N)cc(-c2ccc([C@@H](C)n3ncc4cccc(C(=O)NC5CC6(C5)CC(C(=O)O)C6)c43)cc2)c1. The molecule has 2 aliphatic rings. The number of carbonyl (C=O) groups is 2. The summed E-state index contributed by atoms with van der Waals surface area (Å²) in [5.74, 6) is -0.444. The predicted molar refractivity (Wildman–Crippen MR) is 150 cm³/mol. The standard InChI is InChI=1S/C32H30N4O4/c1-19(21-6-8-22(9-7-21)24-10-20(17-33)11-27(12-24)40-2)36-29-23(18-34-36)4-3-5-28(29)30(37)35-26-15-32(16-26)13-25(14-32)31(38)39/h3-12,18-19,25-26H,13-16H2,1-2H3,(H,35,37)(H,38,39)/t19-,25?,26?,32?/m1/s1. The fourth-order valence-corrected chi connectivity index (χ4v) is 6.47. The van der Waals surface area contributed by atoms with Crippen LogP contribution < -0.4 is 10.1 Å².